The van der Waals surface area contributed by atoms with E-state index in [1.807, 2.05) is 3.37 Å². The van der Waals surface area contributed by atoms with Crippen LogP contribution in [0.3, 0.4) is 0 Å². The van der Waals surface area contributed by atoms with Gasteiger partial charge >= 0.3 is 169 Å². The van der Waals surface area contributed by atoms with Crippen LogP contribution in [0.4, 0.5) is 0 Å². The standard InChI is InChI=1S/C22H22SSe2/c1-15-16(2)25-22(24-15)19-13-20(17-9-5-3-6-10-17)23-21(14-19)18-11-7-4-8-12-18/h3-12,20-21H,13-14H2,1-2H3. The van der Waals surface area contributed by atoms with Gasteiger partial charge in [-0.3, -0.25) is 0 Å². The summed E-state index contributed by atoms with van der Waals surface area (Å²) >= 11 is 3.40. The predicted molar refractivity (Wildman–Crippen MR) is 112 cm³/mol. The third-order valence-corrected chi connectivity index (χ3v) is 13.4. The monoisotopic (exact) mass is 478 g/mol. The molecule has 0 nitrogen and oxygen atoms in total. The van der Waals surface area contributed by atoms with E-state index in [0.29, 0.717) is 40.4 Å². The van der Waals surface area contributed by atoms with Crippen molar-refractivity contribution in [1.29, 1.82) is 0 Å². The normalized spacial score (nSPS) is 24.1. The van der Waals surface area contributed by atoms with Crippen LogP contribution in [0, 0.1) is 0 Å². The Balaban J connectivity index is 1.67. The van der Waals surface area contributed by atoms with E-state index < -0.39 is 0 Å². The van der Waals surface area contributed by atoms with Gasteiger partial charge in [-0.1, -0.05) is 0 Å². The second kappa shape index (κ2) is 7.90. The topological polar surface area (TPSA) is 0 Å². The SMILES string of the molecule is CC1=C(C)[Se]C(=C2CC(c3ccccc3)SC(c3ccccc3)C2)[Se]1. The summed E-state index contributed by atoms with van der Waals surface area (Å²) in [5, 5.41) is 1.19. The van der Waals surface area contributed by atoms with Crippen LogP contribution in [-0.4, -0.2) is 29.9 Å². The molecule has 25 heavy (non-hydrogen) atoms. The second-order valence-corrected chi connectivity index (χ2v) is 14.4. The van der Waals surface area contributed by atoms with Gasteiger partial charge in [0, 0.05) is 0 Å². The van der Waals surface area contributed by atoms with Gasteiger partial charge in [0.1, 0.15) is 0 Å². The summed E-state index contributed by atoms with van der Waals surface area (Å²) in [6.45, 7) is 4.71. The molecule has 4 rings (SSSR count). The summed E-state index contributed by atoms with van der Waals surface area (Å²) in [7, 11) is 0. The van der Waals surface area contributed by atoms with Gasteiger partial charge in [-0.05, 0) is 0 Å². The average Bonchev–Trinajstić information content (AvgIpc) is 3.02. The second-order valence-electron chi connectivity index (χ2n) is 6.55. The number of benzene rings is 2. The third kappa shape index (κ3) is 4.02. The minimum absolute atomic E-state index is 0.593. The first-order valence-corrected chi connectivity index (χ1v) is 13.1. The Morgan fingerprint density at radius 2 is 1.16 bits per heavy atom. The molecule has 2 aromatic rings. The minimum atomic E-state index is 0.593. The van der Waals surface area contributed by atoms with Gasteiger partial charge in [-0.25, -0.2) is 0 Å². The van der Waals surface area contributed by atoms with Gasteiger partial charge in [0.05, 0.1) is 0 Å². The number of hydrogen-bond acceptors (Lipinski definition) is 1. The zero-order chi connectivity index (χ0) is 17.2. The molecule has 2 aliphatic rings. The molecule has 2 aliphatic heterocycles. The van der Waals surface area contributed by atoms with E-state index in [1.165, 1.54) is 24.0 Å². The number of hydrogen-bond donors (Lipinski definition) is 0. The quantitative estimate of drug-likeness (QED) is 0.488. The fourth-order valence-electron chi connectivity index (χ4n) is 3.31. The van der Waals surface area contributed by atoms with Gasteiger partial charge in [-0.15, -0.1) is 0 Å². The molecule has 0 bridgehead atoms. The molecule has 0 radical (unpaired) electrons. The van der Waals surface area contributed by atoms with E-state index in [-0.39, 0.29) is 0 Å². The van der Waals surface area contributed by atoms with Crippen molar-refractivity contribution in [2.75, 3.05) is 0 Å². The van der Waals surface area contributed by atoms with Gasteiger partial charge in [0.25, 0.3) is 0 Å². The molecule has 2 heterocycles. The van der Waals surface area contributed by atoms with E-state index in [0.717, 1.165) is 0 Å². The third-order valence-electron chi connectivity index (χ3n) is 4.81. The Labute approximate surface area is 167 Å². The Kier molecular flexibility index (Phi) is 5.60. The maximum absolute atomic E-state index is 2.35. The Bertz CT molecular complexity index is 743. The molecule has 2 atom stereocenters. The predicted octanol–water partition coefficient (Wildman–Crippen LogP) is 5.88. The fourth-order valence-corrected chi connectivity index (χ4v) is 12.2. The van der Waals surface area contributed by atoms with Crippen LogP contribution in [0.15, 0.2) is 78.5 Å². The summed E-state index contributed by atoms with van der Waals surface area (Å²) in [5.41, 5.74) is 4.76. The fraction of sp³-hybridized carbons (Fsp3) is 0.273. The zero-order valence-corrected chi connectivity index (χ0v) is 18.8. The van der Waals surface area contributed by atoms with Crippen LogP contribution < -0.4 is 0 Å². The summed E-state index contributed by atoms with van der Waals surface area (Å²) in [6.07, 6.45) is 2.49. The van der Waals surface area contributed by atoms with Crippen molar-refractivity contribution < 1.29 is 0 Å². The van der Waals surface area contributed by atoms with Crippen molar-refractivity contribution in [2.24, 2.45) is 0 Å². The molecule has 1 saturated heterocycles. The first-order valence-electron chi connectivity index (χ1n) is 8.71. The number of thioether (sulfide) groups is 1. The van der Waals surface area contributed by atoms with E-state index in [9.17, 15) is 0 Å². The average molecular weight is 476 g/mol. The van der Waals surface area contributed by atoms with Crippen molar-refractivity contribution >= 4 is 41.7 Å². The number of allylic oxidation sites excluding steroid dienone is 3. The van der Waals surface area contributed by atoms with Crippen LogP contribution in [0.1, 0.15) is 48.3 Å². The molecular weight excluding hydrogens is 454 g/mol. The maximum atomic E-state index is 2.35. The Morgan fingerprint density at radius 1 is 0.720 bits per heavy atom. The molecule has 0 spiro atoms. The van der Waals surface area contributed by atoms with Crippen LogP contribution >= 0.6 is 11.8 Å². The first kappa shape index (κ1) is 17.7. The van der Waals surface area contributed by atoms with Crippen LogP contribution in [0.25, 0.3) is 0 Å². The molecule has 1 fully saturated rings. The summed E-state index contributed by atoms with van der Waals surface area (Å²) < 4.78 is 5.19. The molecule has 2 unspecified atom stereocenters. The van der Waals surface area contributed by atoms with Crippen molar-refractivity contribution in [3.63, 3.8) is 0 Å². The Hall–Kier alpha value is -0.691. The van der Waals surface area contributed by atoms with Gasteiger partial charge in [-0.2, -0.15) is 0 Å². The van der Waals surface area contributed by atoms with Gasteiger partial charge < -0.3 is 0 Å². The summed E-state index contributed by atoms with van der Waals surface area (Å²) in [4.78, 5) is 0. The zero-order valence-electron chi connectivity index (χ0n) is 14.6. The van der Waals surface area contributed by atoms with Crippen molar-refractivity contribution in [3.8, 4) is 0 Å². The molecule has 0 aliphatic carbocycles. The summed E-state index contributed by atoms with van der Waals surface area (Å²) in [5.74, 6) is 0. The molecule has 128 valence electrons. The molecule has 0 N–H and O–H groups in total. The van der Waals surface area contributed by atoms with Crippen molar-refractivity contribution in [3.05, 3.63) is 89.7 Å². The van der Waals surface area contributed by atoms with Crippen LogP contribution in [-0.2, 0) is 0 Å². The molecule has 0 amide bonds. The molecule has 0 aromatic heterocycles. The summed E-state index contributed by atoms with van der Waals surface area (Å²) in [6, 6.07) is 22.3. The van der Waals surface area contributed by atoms with E-state index in [1.54, 1.807) is 14.5 Å². The van der Waals surface area contributed by atoms with Crippen LogP contribution in [0.2, 0.25) is 0 Å². The molecule has 0 saturated carbocycles. The van der Waals surface area contributed by atoms with Crippen LogP contribution in [0.5, 0.6) is 0 Å². The molecular formula is C22H22SSe2. The molecule has 3 heteroatoms. The van der Waals surface area contributed by atoms with E-state index in [4.69, 9.17) is 0 Å². The Morgan fingerprint density at radius 3 is 1.60 bits per heavy atom. The first-order chi connectivity index (χ1) is 12.2. The van der Waals surface area contributed by atoms with Crippen molar-refractivity contribution in [2.45, 2.75) is 37.2 Å². The van der Waals surface area contributed by atoms with Gasteiger partial charge in [0.15, 0.2) is 0 Å². The van der Waals surface area contributed by atoms with Gasteiger partial charge in [0.2, 0.25) is 0 Å². The number of rotatable bonds is 2. The van der Waals surface area contributed by atoms with E-state index in [2.05, 4.69) is 86.3 Å². The van der Waals surface area contributed by atoms with E-state index >= 15 is 0 Å². The van der Waals surface area contributed by atoms with Crippen molar-refractivity contribution in [1.82, 2.24) is 0 Å². The molecule has 2 aromatic carbocycles.